The van der Waals surface area contributed by atoms with Gasteiger partial charge in [-0.25, -0.2) is 0 Å². The number of alkyl halides is 1. The van der Waals surface area contributed by atoms with Crippen molar-refractivity contribution >= 4 is 47.2 Å². The number of aromatic nitrogens is 1. The summed E-state index contributed by atoms with van der Waals surface area (Å²) in [5, 5.41) is 0. The van der Waals surface area contributed by atoms with Gasteiger partial charge in [0.2, 0.25) is 0 Å². The number of aryl methyl sites for hydroxylation is 2. The quantitative estimate of drug-likeness (QED) is 0.267. The first kappa shape index (κ1) is 22.9. The Morgan fingerprint density at radius 1 is 1.00 bits per heavy atom. The molecule has 4 aromatic rings. The van der Waals surface area contributed by atoms with Crippen LogP contribution in [-0.2, 0) is 12.3 Å². The van der Waals surface area contributed by atoms with Crippen molar-refractivity contribution in [1.82, 2.24) is 4.98 Å². The van der Waals surface area contributed by atoms with E-state index in [4.69, 9.17) is 16.6 Å². The second-order valence-corrected chi connectivity index (χ2v) is 11.1. The first-order valence-electron chi connectivity index (χ1n) is 11.4. The first-order chi connectivity index (χ1) is 16.6. The molecule has 0 atom stereocenters. The molecule has 0 fully saturated rings. The molecule has 5 heteroatoms. The molecule has 3 nitrogen and oxygen atoms in total. The third kappa shape index (κ3) is 4.81. The van der Waals surface area contributed by atoms with Gasteiger partial charge in [-0.2, -0.15) is 0 Å². The summed E-state index contributed by atoms with van der Waals surface area (Å²) >= 11 is 6.05. The van der Waals surface area contributed by atoms with Crippen molar-refractivity contribution in [3.05, 3.63) is 107 Å². The minimum absolute atomic E-state index is 0.00857. The standard InChI is InChI=1S/C29H25ClN2OSe/c1-20-9-13-22(14-10-20)27-26(34-25-7-3-2-4-8-25)18-24-6-5-17-32(28(24)31-27)29(33)23-15-11-21(19-30)12-16-23/h2-4,7-16,18H,5-6,17,19H2,1H3. The molecule has 2 heterocycles. The molecule has 1 aromatic heterocycles. The molecule has 34 heavy (non-hydrogen) atoms. The maximum absolute atomic E-state index is 13.5. The van der Waals surface area contributed by atoms with Gasteiger partial charge in [0, 0.05) is 0 Å². The predicted molar refractivity (Wildman–Crippen MR) is 142 cm³/mol. The number of benzene rings is 3. The average molecular weight is 532 g/mol. The summed E-state index contributed by atoms with van der Waals surface area (Å²) in [6, 6.07) is 29.0. The monoisotopic (exact) mass is 532 g/mol. The van der Waals surface area contributed by atoms with Crippen molar-refractivity contribution in [3.63, 3.8) is 0 Å². The summed E-state index contributed by atoms with van der Waals surface area (Å²) in [4.78, 5) is 20.5. The van der Waals surface area contributed by atoms with E-state index in [0.717, 1.165) is 41.0 Å². The second-order valence-electron chi connectivity index (χ2n) is 8.49. The van der Waals surface area contributed by atoms with E-state index in [0.29, 0.717) is 18.0 Å². The van der Waals surface area contributed by atoms with Crippen LogP contribution in [0.1, 0.15) is 33.5 Å². The van der Waals surface area contributed by atoms with Gasteiger partial charge < -0.3 is 0 Å². The van der Waals surface area contributed by atoms with Crippen molar-refractivity contribution < 1.29 is 4.79 Å². The van der Waals surface area contributed by atoms with Crippen LogP contribution in [0, 0.1) is 6.92 Å². The second kappa shape index (κ2) is 10.1. The van der Waals surface area contributed by atoms with E-state index in [1.807, 2.05) is 29.2 Å². The number of rotatable bonds is 5. The average Bonchev–Trinajstić information content (AvgIpc) is 2.89. The number of pyridine rings is 1. The number of carbonyl (C=O) groups is 1. The Morgan fingerprint density at radius 3 is 2.44 bits per heavy atom. The number of anilines is 1. The fourth-order valence-corrected chi connectivity index (χ4v) is 6.47. The summed E-state index contributed by atoms with van der Waals surface area (Å²) in [6.45, 7) is 2.77. The number of hydrogen-bond acceptors (Lipinski definition) is 2. The molecule has 1 amide bonds. The van der Waals surface area contributed by atoms with E-state index in [-0.39, 0.29) is 20.9 Å². The molecule has 3 aromatic carbocycles. The molecule has 0 radical (unpaired) electrons. The van der Waals surface area contributed by atoms with Crippen molar-refractivity contribution in [2.45, 2.75) is 25.6 Å². The molecule has 0 aliphatic carbocycles. The zero-order chi connectivity index (χ0) is 23.5. The van der Waals surface area contributed by atoms with Gasteiger partial charge in [0.15, 0.2) is 0 Å². The minimum atomic E-state index is -0.00857. The number of fused-ring (bicyclic) bond motifs is 1. The number of amides is 1. The van der Waals surface area contributed by atoms with Crippen molar-refractivity contribution in [3.8, 4) is 11.3 Å². The van der Waals surface area contributed by atoms with Crippen LogP contribution in [0.2, 0.25) is 0 Å². The first-order valence-corrected chi connectivity index (χ1v) is 13.7. The Bertz CT molecular complexity index is 1300. The fraction of sp³-hybridized carbons (Fsp3) is 0.172. The van der Waals surface area contributed by atoms with Crippen LogP contribution >= 0.6 is 11.6 Å². The number of nitrogens with zero attached hydrogens (tertiary/aromatic N) is 2. The molecule has 0 saturated heterocycles. The van der Waals surface area contributed by atoms with Gasteiger partial charge in [0.25, 0.3) is 0 Å². The molecule has 0 bridgehead atoms. The van der Waals surface area contributed by atoms with Crippen LogP contribution in [0.3, 0.4) is 0 Å². The Hall–Kier alpha value is -2.91. The normalized spacial score (nSPS) is 12.9. The summed E-state index contributed by atoms with van der Waals surface area (Å²) < 4.78 is 2.57. The van der Waals surface area contributed by atoms with E-state index in [1.54, 1.807) is 0 Å². The maximum atomic E-state index is 13.5. The summed E-state index contributed by atoms with van der Waals surface area (Å²) in [5.74, 6) is 1.22. The Labute approximate surface area is 212 Å². The summed E-state index contributed by atoms with van der Waals surface area (Å²) in [6.07, 6.45) is 1.87. The Balaban J connectivity index is 1.58. The molecule has 0 unspecified atom stereocenters. The number of carbonyl (C=O) groups excluding carboxylic acids is 1. The van der Waals surface area contributed by atoms with Crippen LogP contribution in [0.4, 0.5) is 5.82 Å². The number of halogens is 1. The van der Waals surface area contributed by atoms with E-state index in [1.165, 1.54) is 14.5 Å². The van der Waals surface area contributed by atoms with Crippen molar-refractivity contribution in [2.24, 2.45) is 0 Å². The molecular weight excluding hydrogens is 507 g/mol. The third-order valence-corrected chi connectivity index (χ3v) is 8.51. The fourth-order valence-electron chi connectivity index (χ4n) is 4.18. The zero-order valence-electron chi connectivity index (χ0n) is 19.0. The van der Waals surface area contributed by atoms with Crippen molar-refractivity contribution in [2.75, 3.05) is 11.4 Å². The molecule has 1 aliphatic heterocycles. The molecule has 0 N–H and O–H groups in total. The van der Waals surface area contributed by atoms with Crippen LogP contribution in [0.5, 0.6) is 0 Å². The van der Waals surface area contributed by atoms with Gasteiger partial charge in [0.1, 0.15) is 0 Å². The Kier molecular flexibility index (Phi) is 6.82. The SMILES string of the molecule is Cc1ccc(-c2nc3c(cc2[Se]c2ccccc2)CCCN3C(=O)c2ccc(CCl)cc2)cc1. The molecule has 1 aliphatic rings. The summed E-state index contributed by atoms with van der Waals surface area (Å²) in [5.41, 5.74) is 6.10. The van der Waals surface area contributed by atoms with Crippen LogP contribution in [-0.4, -0.2) is 32.4 Å². The van der Waals surface area contributed by atoms with E-state index in [2.05, 4.69) is 67.6 Å². The van der Waals surface area contributed by atoms with Gasteiger partial charge in [-0.1, -0.05) is 0 Å². The number of hydrogen-bond donors (Lipinski definition) is 0. The van der Waals surface area contributed by atoms with Gasteiger partial charge >= 0.3 is 213 Å². The molecule has 170 valence electrons. The van der Waals surface area contributed by atoms with E-state index < -0.39 is 0 Å². The van der Waals surface area contributed by atoms with Gasteiger partial charge in [-0.3, -0.25) is 0 Å². The zero-order valence-corrected chi connectivity index (χ0v) is 21.5. The molecule has 0 saturated carbocycles. The molecule has 5 rings (SSSR count). The third-order valence-electron chi connectivity index (χ3n) is 6.02. The topological polar surface area (TPSA) is 33.2 Å². The van der Waals surface area contributed by atoms with Gasteiger partial charge in [0.05, 0.1) is 0 Å². The van der Waals surface area contributed by atoms with Crippen LogP contribution < -0.4 is 13.8 Å². The molecule has 0 spiro atoms. The summed E-state index contributed by atoms with van der Waals surface area (Å²) in [7, 11) is 0. The van der Waals surface area contributed by atoms with Gasteiger partial charge in [-0.15, -0.1) is 0 Å². The van der Waals surface area contributed by atoms with E-state index in [9.17, 15) is 4.79 Å². The van der Waals surface area contributed by atoms with Crippen LogP contribution in [0.25, 0.3) is 11.3 Å². The predicted octanol–water partition coefficient (Wildman–Crippen LogP) is 5.04. The van der Waals surface area contributed by atoms with Gasteiger partial charge in [-0.05, 0) is 0 Å². The van der Waals surface area contributed by atoms with Crippen LogP contribution in [0.15, 0.2) is 84.9 Å². The van der Waals surface area contributed by atoms with Crippen molar-refractivity contribution in [1.29, 1.82) is 0 Å². The van der Waals surface area contributed by atoms with E-state index >= 15 is 0 Å². The Morgan fingerprint density at radius 2 is 1.74 bits per heavy atom. The molecular formula is C29H25ClN2OSe.